The van der Waals surface area contributed by atoms with E-state index in [-0.39, 0.29) is 29.4 Å². The molecule has 25 heavy (non-hydrogen) atoms. The van der Waals surface area contributed by atoms with Gasteiger partial charge in [-0.1, -0.05) is 6.07 Å². The van der Waals surface area contributed by atoms with Gasteiger partial charge in [-0.3, -0.25) is 0 Å². The van der Waals surface area contributed by atoms with Crippen LogP contribution >= 0.6 is 11.3 Å². The van der Waals surface area contributed by atoms with Crippen molar-refractivity contribution >= 4 is 31.2 Å². The predicted octanol–water partition coefficient (Wildman–Crippen LogP) is 2.57. The number of sulfonamides is 1. The number of nitrogens with zero attached hydrogens (tertiary/aromatic N) is 1. The Kier molecular flexibility index (Phi) is 5.02. The first-order chi connectivity index (χ1) is 11.7. The predicted molar refractivity (Wildman–Crippen MR) is 95.2 cm³/mol. The Labute approximate surface area is 151 Å². The third-order valence-electron chi connectivity index (χ3n) is 4.23. The third kappa shape index (κ3) is 3.94. The lowest BCUT2D eigenvalue weighted by molar-refractivity contribution is 0.336. The second-order valence-electron chi connectivity index (χ2n) is 6.10. The monoisotopic (exact) mass is 403 g/mol. The van der Waals surface area contributed by atoms with E-state index in [0.717, 1.165) is 10.9 Å². The van der Waals surface area contributed by atoms with Crippen molar-refractivity contribution in [2.75, 3.05) is 11.5 Å². The average Bonchev–Trinajstić information content (AvgIpc) is 3.13. The normalized spacial score (nSPS) is 20.2. The Balaban J connectivity index is 2.03. The van der Waals surface area contributed by atoms with Gasteiger partial charge in [0.15, 0.2) is 9.84 Å². The van der Waals surface area contributed by atoms with Crippen LogP contribution in [0.2, 0.25) is 0 Å². The summed E-state index contributed by atoms with van der Waals surface area (Å²) >= 11 is 1.41. The van der Waals surface area contributed by atoms with E-state index in [1.807, 2.05) is 17.5 Å². The minimum Gasteiger partial charge on any atom is -0.229 e. The zero-order valence-electron chi connectivity index (χ0n) is 13.6. The van der Waals surface area contributed by atoms with E-state index < -0.39 is 31.7 Å². The molecule has 2 aromatic rings. The summed E-state index contributed by atoms with van der Waals surface area (Å²) in [5, 5.41) is 1.84. The molecule has 1 aliphatic heterocycles. The molecule has 0 bridgehead atoms. The van der Waals surface area contributed by atoms with Gasteiger partial charge in [0, 0.05) is 17.5 Å². The van der Waals surface area contributed by atoms with Crippen LogP contribution in [0.3, 0.4) is 0 Å². The molecular formula is C16H18FNO4S3. The van der Waals surface area contributed by atoms with Gasteiger partial charge in [-0.25, -0.2) is 21.2 Å². The van der Waals surface area contributed by atoms with Crippen LogP contribution in [0.1, 0.15) is 16.9 Å². The van der Waals surface area contributed by atoms with Gasteiger partial charge in [0.25, 0.3) is 0 Å². The molecule has 0 radical (unpaired) electrons. The van der Waals surface area contributed by atoms with Crippen LogP contribution in [-0.4, -0.2) is 38.7 Å². The Morgan fingerprint density at radius 3 is 2.64 bits per heavy atom. The maximum absolute atomic E-state index is 13.4. The van der Waals surface area contributed by atoms with Crippen molar-refractivity contribution in [3.05, 3.63) is 52.0 Å². The van der Waals surface area contributed by atoms with Gasteiger partial charge in [-0.05, 0) is 48.6 Å². The lowest BCUT2D eigenvalue weighted by Crippen LogP contribution is -2.40. The average molecular weight is 404 g/mol. The molecule has 2 heterocycles. The zero-order chi connectivity index (χ0) is 18.2. The Morgan fingerprint density at radius 1 is 1.32 bits per heavy atom. The number of hydrogen-bond acceptors (Lipinski definition) is 5. The molecule has 1 aromatic carbocycles. The summed E-state index contributed by atoms with van der Waals surface area (Å²) < 4.78 is 64.7. The molecule has 0 N–H and O–H groups in total. The number of halogens is 1. The summed E-state index contributed by atoms with van der Waals surface area (Å²) in [5.41, 5.74) is 0.303. The maximum Gasteiger partial charge on any atom is 0.243 e. The molecular weight excluding hydrogens is 385 g/mol. The molecule has 1 fully saturated rings. The van der Waals surface area contributed by atoms with Crippen molar-refractivity contribution in [3.63, 3.8) is 0 Å². The molecule has 1 saturated heterocycles. The standard InChI is InChI=1S/C16H18FNO4S3/c1-12-9-13(17)4-5-16(12)25(21,22)18(10-15-3-2-7-23-15)14-6-8-24(19,20)11-14/h2-5,7,9,14H,6,8,10-11H2,1H3/t14-/m0/s1. The van der Waals surface area contributed by atoms with E-state index in [1.54, 1.807) is 0 Å². The molecule has 136 valence electrons. The number of benzene rings is 1. The third-order valence-corrected chi connectivity index (χ3v) is 8.90. The maximum atomic E-state index is 13.4. The Bertz CT molecular complexity index is 969. The number of aryl methyl sites for hydroxylation is 1. The van der Waals surface area contributed by atoms with Crippen LogP contribution in [0.5, 0.6) is 0 Å². The highest BCUT2D eigenvalue weighted by atomic mass is 32.2. The summed E-state index contributed by atoms with van der Waals surface area (Å²) in [4.78, 5) is 0.836. The summed E-state index contributed by atoms with van der Waals surface area (Å²) in [6, 6.07) is 6.54. The van der Waals surface area contributed by atoms with Gasteiger partial charge in [0.1, 0.15) is 5.82 Å². The second kappa shape index (κ2) is 6.79. The molecule has 0 saturated carbocycles. The number of rotatable bonds is 5. The van der Waals surface area contributed by atoms with Crippen molar-refractivity contribution in [3.8, 4) is 0 Å². The molecule has 3 rings (SSSR count). The van der Waals surface area contributed by atoms with Crippen LogP contribution in [-0.2, 0) is 26.4 Å². The van der Waals surface area contributed by atoms with E-state index in [9.17, 15) is 21.2 Å². The highest BCUT2D eigenvalue weighted by molar-refractivity contribution is 7.92. The van der Waals surface area contributed by atoms with E-state index >= 15 is 0 Å². The van der Waals surface area contributed by atoms with Gasteiger partial charge in [-0.2, -0.15) is 4.31 Å². The Hall–Kier alpha value is -1.29. The molecule has 5 nitrogen and oxygen atoms in total. The van der Waals surface area contributed by atoms with Crippen LogP contribution in [0.25, 0.3) is 0 Å². The van der Waals surface area contributed by atoms with Crippen LogP contribution in [0.4, 0.5) is 4.39 Å². The van der Waals surface area contributed by atoms with Crippen molar-refractivity contribution in [1.29, 1.82) is 0 Å². The molecule has 1 atom stereocenters. The molecule has 1 aliphatic rings. The molecule has 0 aliphatic carbocycles. The topological polar surface area (TPSA) is 71.5 Å². The molecule has 9 heteroatoms. The number of thiophene rings is 1. The highest BCUT2D eigenvalue weighted by Crippen LogP contribution is 2.29. The summed E-state index contributed by atoms with van der Waals surface area (Å²) in [6.07, 6.45) is 0.271. The zero-order valence-corrected chi connectivity index (χ0v) is 16.0. The fourth-order valence-corrected chi connectivity index (χ4v) is 7.45. The van der Waals surface area contributed by atoms with Crippen LogP contribution < -0.4 is 0 Å². The first kappa shape index (κ1) is 18.5. The van der Waals surface area contributed by atoms with Gasteiger partial charge in [0.2, 0.25) is 10.0 Å². The van der Waals surface area contributed by atoms with E-state index in [1.165, 1.54) is 34.7 Å². The van der Waals surface area contributed by atoms with Crippen LogP contribution in [0.15, 0.2) is 40.6 Å². The van der Waals surface area contributed by atoms with Crippen LogP contribution in [0, 0.1) is 12.7 Å². The van der Waals surface area contributed by atoms with Crippen molar-refractivity contribution < 1.29 is 21.2 Å². The molecule has 0 unspecified atom stereocenters. The fourth-order valence-electron chi connectivity index (χ4n) is 3.00. The minimum atomic E-state index is -3.95. The van der Waals surface area contributed by atoms with E-state index in [2.05, 4.69) is 0 Å². The first-order valence-electron chi connectivity index (χ1n) is 7.70. The van der Waals surface area contributed by atoms with Gasteiger partial charge >= 0.3 is 0 Å². The van der Waals surface area contributed by atoms with E-state index in [0.29, 0.717) is 5.56 Å². The smallest absolute Gasteiger partial charge is 0.229 e. The first-order valence-corrected chi connectivity index (χ1v) is 11.8. The quantitative estimate of drug-likeness (QED) is 0.769. The van der Waals surface area contributed by atoms with Gasteiger partial charge < -0.3 is 0 Å². The molecule has 0 spiro atoms. The minimum absolute atomic E-state index is 0.00903. The summed E-state index contributed by atoms with van der Waals surface area (Å²) in [6.45, 7) is 1.64. The largest absolute Gasteiger partial charge is 0.243 e. The number of sulfone groups is 1. The highest BCUT2D eigenvalue weighted by Gasteiger charge is 2.39. The summed E-state index contributed by atoms with van der Waals surface area (Å²) in [5.74, 6) is -0.710. The second-order valence-corrected chi connectivity index (χ2v) is 11.2. The summed E-state index contributed by atoms with van der Waals surface area (Å²) in [7, 11) is -7.19. The van der Waals surface area contributed by atoms with E-state index in [4.69, 9.17) is 0 Å². The van der Waals surface area contributed by atoms with Crippen molar-refractivity contribution in [2.24, 2.45) is 0 Å². The SMILES string of the molecule is Cc1cc(F)ccc1S(=O)(=O)N(Cc1cccs1)[C@H]1CCS(=O)(=O)C1. The lowest BCUT2D eigenvalue weighted by Gasteiger charge is -2.27. The van der Waals surface area contributed by atoms with Gasteiger partial charge in [-0.15, -0.1) is 11.3 Å². The van der Waals surface area contributed by atoms with Crippen molar-refractivity contribution in [2.45, 2.75) is 30.8 Å². The Morgan fingerprint density at radius 2 is 2.08 bits per heavy atom. The number of hydrogen-bond donors (Lipinski definition) is 0. The molecule has 0 amide bonds. The molecule has 1 aromatic heterocycles. The van der Waals surface area contributed by atoms with Crippen molar-refractivity contribution in [1.82, 2.24) is 4.31 Å². The fraction of sp³-hybridized carbons (Fsp3) is 0.375. The lowest BCUT2D eigenvalue weighted by atomic mass is 10.2. The van der Waals surface area contributed by atoms with Gasteiger partial charge in [0.05, 0.1) is 16.4 Å².